The monoisotopic (exact) mass is 380 g/mol. The average Bonchev–Trinajstić information content (AvgIpc) is 2.91. The molecule has 0 fully saturated rings. The van der Waals surface area contributed by atoms with Gasteiger partial charge in [0, 0.05) is 18.5 Å². The molecule has 3 rings (SSSR count). The Morgan fingerprint density at radius 1 is 1.47 bits per heavy atom. The van der Waals surface area contributed by atoms with Gasteiger partial charge in [-0.15, -0.1) is 0 Å². The second-order valence-electron chi connectivity index (χ2n) is 4.28. The third kappa shape index (κ3) is 2.23. The van der Waals surface area contributed by atoms with Crippen LogP contribution in [0.1, 0.15) is 11.6 Å². The van der Waals surface area contributed by atoms with E-state index in [1.54, 1.807) is 18.0 Å². The number of halogens is 1. The SMILES string of the molecule is N#Cc1ccc(-c2cccnc2)[n+]2c1SC[C@@H]2CI. The summed E-state index contributed by atoms with van der Waals surface area (Å²) in [6.07, 6.45) is 3.66. The molecule has 1 atom stereocenters. The predicted octanol–water partition coefficient (Wildman–Crippen LogP) is 2.99. The normalized spacial score (nSPS) is 16.9. The number of pyridine rings is 2. The molecule has 3 nitrogen and oxygen atoms in total. The van der Waals surface area contributed by atoms with E-state index in [4.69, 9.17) is 0 Å². The van der Waals surface area contributed by atoms with Gasteiger partial charge in [0.25, 0.3) is 5.03 Å². The van der Waals surface area contributed by atoms with Crippen molar-refractivity contribution in [3.63, 3.8) is 0 Å². The maximum Gasteiger partial charge on any atom is 0.259 e. The van der Waals surface area contributed by atoms with Crippen LogP contribution < -0.4 is 4.57 Å². The van der Waals surface area contributed by atoms with Gasteiger partial charge in [0.2, 0.25) is 5.69 Å². The molecular weight excluding hydrogens is 369 g/mol. The molecule has 3 heterocycles. The molecule has 0 amide bonds. The highest BCUT2D eigenvalue weighted by atomic mass is 127. The van der Waals surface area contributed by atoms with E-state index in [2.05, 4.69) is 44.3 Å². The number of hydrogen-bond acceptors (Lipinski definition) is 3. The quantitative estimate of drug-likeness (QED) is 0.457. The second-order valence-corrected chi connectivity index (χ2v) is 6.17. The third-order valence-electron chi connectivity index (χ3n) is 3.15. The summed E-state index contributed by atoms with van der Waals surface area (Å²) in [5.41, 5.74) is 3.02. The predicted molar refractivity (Wildman–Crippen MR) is 83.2 cm³/mol. The van der Waals surface area contributed by atoms with Gasteiger partial charge < -0.3 is 0 Å². The summed E-state index contributed by atoms with van der Waals surface area (Å²) in [4.78, 5) is 4.19. The summed E-state index contributed by atoms with van der Waals surface area (Å²) < 4.78 is 3.34. The van der Waals surface area contributed by atoms with E-state index in [-0.39, 0.29) is 0 Å². The Labute approximate surface area is 129 Å². The molecule has 0 aromatic carbocycles. The summed E-state index contributed by atoms with van der Waals surface area (Å²) >= 11 is 4.19. The highest BCUT2D eigenvalue weighted by Gasteiger charge is 2.36. The molecule has 0 radical (unpaired) electrons. The molecule has 5 heteroatoms. The van der Waals surface area contributed by atoms with Gasteiger partial charge >= 0.3 is 0 Å². The van der Waals surface area contributed by atoms with Crippen molar-refractivity contribution >= 4 is 34.4 Å². The smallest absolute Gasteiger partial charge is 0.259 e. The summed E-state index contributed by atoms with van der Waals surface area (Å²) in [6, 6.07) is 10.7. The van der Waals surface area contributed by atoms with E-state index in [1.807, 2.05) is 24.4 Å². The van der Waals surface area contributed by atoms with Crippen LogP contribution in [-0.2, 0) is 0 Å². The number of aromatic nitrogens is 2. The van der Waals surface area contributed by atoms with E-state index in [0.717, 1.165) is 32.0 Å². The van der Waals surface area contributed by atoms with Crippen molar-refractivity contribution < 1.29 is 4.57 Å². The Balaban J connectivity index is 2.23. The van der Waals surface area contributed by atoms with Crippen LogP contribution in [0.25, 0.3) is 11.3 Å². The van der Waals surface area contributed by atoms with Crippen LogP contribution in [0, 0.1) is 11.3 Å². The van der Waals surface area contributed by atoms with Gasteiger partial charge in [0.05, 0.1) is 15.7 Å². The summed E-state index contributed by atoms with van der Waals surface area (Å²) in [5.74, 6) is 1.04. The van der Waals surface area contributed by atoms with Gasteiger partial charge in [-0.25, -0.2) is 0 Å². The number of alkyl halides is 1. The van der Waals surface area contributed by atoms with Gasteiger partial charge in [0.1, 0.15) is 11.6 Å². The number of nitrogens with zero attached hydrogens (tertiary/aromatic N) is 3. The van der Waals surface area contributed by atoms with E-state index in [0.29, 0.717) is 6.04 Å². The first-order valence-electron chi connectivity index (χ1n) is 5.93. The molecule has 19 heavy (non-hydrogen) atoms. The van der Waals surface area contributed by atoms with E-state index < -0.39 is 0 Å². The molecule has 94 valence electrons. The van der Waals surface area contributed by atoms with Gasteiger partial charge in [-0.05, 0) is 30.0 Å². The lowest BCUT2D eigenvalue weighted by Gasteiger charge is -2.07. The van der Waals surface area contributed by atoms with Crippen LogP contribution in [0.2, 0.25) is 0 Å². The third-order valence-corrected chi connectivity index (χ3v) is 5.41. The fraction of sp³-hybridized carbons (Fsp3) is 0.214. The molecule has 0 unspecified atom stereocenters. The molecular formula is C14H11IN3S+. The van der Waals surface area contributed by atoms with Crippen LogP contribution in [0.5, 0.6) is 0 Å². The van der Waals surface area contributed by atoms with E-state index in [9.17, 15) is 5.26 Å². The number of thioether (sulfide) groups is 1. The fourth-order valence-corrected chi connectivity index (χ4v) is 4.66. The zero-order valence-electron chi connectivity index (χ0n) is 10.1. The van der Waals surface area contributed by atoms with Gasteiger partial charge in [-0.2, -0.15) is 9.83 Å². The van der Waals surface area contributed by atoms with Crippen molar-refractivity contribution in [1.29, 1.82) is 5.26 Å². The number of nitriles is 1. The minimum atomic E-state index is 0.448. The molecule has 1 aliphatic heterocycles. The van der Waals surface area contributed by atoms with Crippen LogP contribution in [0.15, 0.2) is 41.7 Å². The van der Waals surface area contributed by atoms with Gasteiger partial charge in [-0.3, -0.25) is 4.98 Å². The lowest BCUT2D eigenvalue weighted by atomic mass is 10.1. The Hall–Kier alpha value is -1.13. The molecule has 0 saturated heterocycles. The highest BCUT2D eigenvalue weighted by Crippen LogP contribution is 2.33. The molecule has 2 aromatic rings. The Morgan fingerprint density at radius 3 is 3.05 bits per heavy atom. The van der Waals surface area contributed by atoms with Crippen LogP contribution in [0.3, 0.4) is 0 Å². The average molecular weight is 380 g/mol. The first-order chi connectivity index (χ1) is 9.35. The second kappa shape index (κ2) is 5.47. The molecule has 2 aromatic heterocycles. The minimum Gasteiger partial charge on any atom is -0.264 e. The lowest BCUT2D eigenvalue weighted by molar-refractivity contribution is -0.732. The number of rotatable bonds is 2. The van der Waals surface area contributed by atoms with Crippen molar-refractivity contribution in [2.45, 2.75) is 11.1 Å². The number of hydrogen-bond donors (Lipinski definition) is 0. The Kier molecular flexibility index (Phi) is 3.71. The molecule has 0 bridgehead atoms. The van der Waals surface area contributed by atoms with Crippen molar-refractivity contribution in [3.05, 3.63) is 42.2 Å². The van der Waals surface area contributed by atoms with E-state index in [1.165, 1.54) is 0 Å². The first kappa shape index (κ1) is 12.9. The van der Waals surface area contributed by atoms with E-state index >= 15 is 0 Å². The van der Waals surface area contributed by atoms with Crippen molar-refractivity contribution in [2.75, 3.05) is 10.2 Å². The Morgan fingerprint density at radius 2 is 2.37 bits per heavy atom. The molecule has 0 N–H and O–H groups in total. The summed E-state index contributed by atoms with van der Waals surface area (Å²) in [5, 5.41) is 10.3. The van der Waals surface area contributed by atoms with Gasteiger partial charge in [0.15, 0.2) is 6.04 Å². The lowest BCUT2D eigenvalue weighted by Crippen LogP contribution is -2.42. The standard InChI is InChI=1S/C14H11IN3S/c15-6-12-9-19-14-10(7-16)3-4-13(18(12)14)11-2-1-5-17-8-11/h1-5,8,12H,6,9H2/q+1/t12-/m0/s1. The summed E-state index contributed by atoms with van der Waals surface area (Å²) in [6.45, 7) is 0. The van der Waals surface area contributed by atoms with Crippen molar-refractivity contribution in [3.8, 4) is 17.3 Å². The van der Waals surface area contributed by atoms with Crippen LogP contribution in [-0.4, -0.2) is 15.2 Å². The zero-order chi connectivity index (χ0) is 13.2. The first-order valence-corrected chi connectivity index (χ1v) is 8.44. The topological polar surface area (TPSA) is 40.6 Å². The molecule has 0 aliphatic carbocycles. The molecule has 1 aliphatic rings. The molecule has 0 saturated carbocycles. The number of fused-ring (bicyclic) bond motifs is 1. The maximum absolute atomic E-state index is 9.23. The highest BCUT2D eigenvalue weighted by molar-refractivity contribution is 14.1. The summed E-state index contributed by atoms with van der Waals surface area (Å²) in [7, 11) is 0. The van der Waals surface area contributed by atoms with Crippen LogP contribution >= 0.6 is 34.4 Å². The van der Waals surface area contributed by atoms with Crippen molar-refractivity contribution in [1.82, 2.24) is 4.98 Å². The van der Waals surface area contributed by atoms with Crippen LogP contribution in [0.4, 0.5) is 0 Å². The minimum absolute atomic E-state index is 0.448. The van der Waals surface area contributed by atoms with Crippen molar-refractivity contribution in [2.24, 2.45) is 0 Å². The Bertz CT molecular complexity index is 652. The largest absolute Gasteiger partial charge is 0.264 e. The fourth-order valence-electron chi connectivity index (χ4n) is 2.26. The zero-order valence-corrected chi connectivity index (χ0v) is 13.1. The molecule has 0 spiro atoms. The maximum atomic E-state index is 9.23. The van der Waals surface area contributed by atoms with Gasteiger partial charge in [-0.1, -0.05) is 22.6 Å².